The Hall–Kier alpha value is -2.17. The van der Waals surface area contributed by atoms with Crippen LogP contribution in [0.2, 0.25) is 0 Å². The number of likely N-dealkylation sites (tertiary alicyclic amines) is 1. The van der Waals surface area contributed by atoms with Crippen LogP contribution in [-0.2, 0) is 4.79 Å². The summed E-state index contributed by atoms with van der Waals surface area (Å²) in [7, 11) is 0. The van der Waals surface area contributed by atoms with Crippen LogP contribution in [0, 0.1) is 5.92 Å². The molecule has 128 valence electrons. The number of carbonyl (C=O) groups is 1. The maximum absolute atomic E-state index is 13.0. The zero-order valence-corrected chi connectivity index (χ0v) is 14.6. The predicted molar refractivity (Wildman–Crippen MR) is 93.7 cm³/mol. The summed E-state index contributed by atoms with van der Waals surface area (Å²) < 4.78 is 2.02. The van der Waals surface area contributed by atoms with Gasteiger partial charge >= 0.3 is 0 Å². The van der Waals surface area contributed by atoms with Gasteiger partial charge in [0.15, 0.2) is 5.82 Å². The predicted octanol–water partition coefficient (Wildman–Crippen LogP) is 3.76. The maximum atomic E-state index is 13.0. The summed E-state index contributed by atoms with van der Waals surface area (Å²) in [4.78, 5) is 15.0. The first-order chi connectivity index (χ1) is 11.8. The number of hydrogen-bond donors (Lipinski definition) is 0. The molecule has 1 aromatic heterocycles. The Morgan fingerprint density at radius 1 is 1.21 bits per heavy atom. The molecule has 0 N–H and O–H groups in total. The highest BCUT2D eigenvalue weighted by atomic mass is 16.2. The van der Waals surface area contributed by atoms with Gasteiger partial charge in [0.25, 0.3) is 0 Å². The van der Waals surface area contributed by atoms with Crippen LogP contribution in [0.4, 0.5) is 0 Å². The molecule has 2 heterocycles. The first kappa shape index (κ1) is 16.7. The molecule has 1 atom stereocenters. The lowest BCUT2D eigenvalue weighted by molar-refractivity contribution is -0.140. The van der Waals surface area contributed by atoms with Crippen LogP contribution in [0.3, 0.4) is 0 Å². The van der Waals surface area contributed by atoms with E-state index in [1.54, 1.807) is 6.33 Å². The standard InChI is InChI=1S/C19H26N4O/c1-3-15(4-2)19(24)22-13-9-8-12-17(22)18-21-20-14-23(18)16-10-6-5-7-11-16/h5-7,10-11,14-15,17H,3-4,8-9,12-13H2,1-2H3. The average molecular weight is 326 g/mol. The van der Waals surface area contributed by atoms with Gasteiger partial charge in [-0.2, -0.15) is 0 Å². The molecule has 24 heavy (non-hydrogen) atoms. The van der Waals surface area contributed by atoms with E-state index >= 15 is 0 Å². The van der Waals surface area contributed by atoms with Gasteiger partial charge in [-0.25, -0.2) is 0 Å². The van der Waals surface area contributed by atoms with Crippen LogP contribution < -0.4 is 0 Å². The van der Waals surface area contributed by atoms with E-state index in [0.717, 1.165) is 50.2 Å². The number of para-hydroxylation sites is 1. The van der Waals surface area contributed by atoms with Gasteiger partial charge in [0, 0.05) is 18.2 Å². The molecule has 0 aliphatic carbocycles. The highest BCUT2D eigenvalue weighted by Gasteiger charge is 2.33. The molecule has 5 nitrogen and oxygen atoms in total. The van der Waals surface area contributed by atoms with E-state index in [4.69, 9.17) is 0 Å². The molecule has 1 aliphatic heterocycles. The lowest BCUT2D eigenvalue weighted by Gasteiger charge is -2.37. The second-order valence-electron chi connectivity index (χ2n) is 6.45. The maximum Gasteiger partial charge on any atom is 0.226 e. The number of hydrogen-bond acceptors (Lipinski definition) is 3. The molecule has 0 radical (unpaired) electrons. The fourth-order valence-electron chi connectivity index (χ4n) is 3.59. The van der Waals surface area contributed by atoms with Crippen molar-refractivity contribution in [2.75, 3.05) is 6.54 Å². The molecule has 3 rings (SSSR count). The van der Waals surface area contributed by atoms with E-state index in [1.165, 1.54) is 0 Å². The van der Waals surface area contributed by atoms with E-state index in [2.05, 4.69) is 24.0 Å². The molecule has 0 bridgehead atoms. The minimum Gasteiger partial charge on any atom is -0.332 e. The Morgan fingerprint density at radius 2 is 1.96 bits per heavy atom. The highest BCUT2D eigenvalue weighted by molar-refractivity contribution is 5.79. The van der Waals surface area contributed by atoms with Crippen LogP contribution in [0.25, 0.3) is 5.69 Å². The van der Waals surface area contributed by atoms with Crippen molar-refractivity contribution in [2.45, 2.75) is 52.0 Å². The number of aromatic nitrogens is 3. The van der Waals surface area contributed by atoms with Gasteiger partial charge in [0.1, 0.15) is 6.33 Å². The first-order valence-corrected chi connectivity index (χ1v) is 9.02. The van der Waals surface area contributed by atoms with Crippen molar-refractivity contribution >= 4 is 5.91 Å². The number of benzene rings is 1. The molecule has 2 aromatic rings. The number of rotatable bonds is 5. The molecule has 1 aliphatic rings. The minimum absolute atomic E-state index is 0.0227. The van der Waals surface area contributed by atoms with Crippen LogP contribution in [-0.4, -0.2) is 32.1 Å². The third-order valence-electron chi connectivity index (χ3n) is 5.03. The van der Waals surface area contributed by atoms with Gasteiger partial charge in [-0.05, 0) is 44.2 Å². The van der Waals surface area contributed by atoms with E-state index in [9.17, 15) is 4.79 Å². The molecule has 1 aromatic carbocycles. The van der Waals surface area contributed by atoms with E-state index in [-0.39, 0.29) is 17.9 Å². The smallest absolute Gasteiger partial charge is 0.226 e. The number of nitrogens with zero attached hydrogens (tertiary/aromatic N) is 4. The second kappa shape index (κ2) is 7.60. The molecule has 0 saturated carbocycles. The number of piperidine rings is 1. The molecule has 1 amide bonds. The lowest BCUT2D eigenvalue weighted by Crippen LogP contribution is -2.42. The molecule has 1 saturated heterocycles. The molecular weight excluding hydrogens is 300 g/mol. The number of amides is 1. The quantitative estimate of drug-likeness (QED) is 0.840. The fourth-order valence-corrected chi connectivity index (χ4v) is 3.59. The minimum atomic E-state index is 0.0227. The van der Waals surface area contributed by atoms with Crippen molar-refractivity contribution in [3.63, 3.8) is 0 Å². The van der Waals surface area contributed by atoms with Gasteiger partial charge in [0.2, 0.25) is 5.91 Å². The van der Waals surface area contributed by atoms with Gasteiger partial charge in [-0.15, -0.1) is 10.2 Å². The summed E-state index contributed by atoms with van der Waals surface area (Å²) in [6, 6.07) is 10.1. The molecule has 0 spiro atoms. The monoisotopic (exact) mass is 326 g/mol. The van der Waals surface area contributed by atoms with Crippen molar-refractivity contribution in [3.05, 3.63) is 42.5 Å². The van der Waals surface area contributed by atoms with E-state index < -0.39 is 0 Å². The second-order valence-corrected chi connectivity index (χ2v) is 6.45. The zero-order chi connectivity index (χ0) is 16.9. The molecule has 5 heteroatoms. The molecule has 1 fully saturated rings. The largest absolute Gasteiger partial charge is 0.332 e. The first-order valence-electron chi connectivity index (χ1n) is 9.02. The van der Waals surface area contributed by atoms with Crippen molar-refractivity contribution in [1.29, 1.82) is 0 Å². The summed E-state index contributed by atoms with van der Waals surface area (Å²) in [5.41, 5.74) is 1.04. The Kier molecular flexibility index (Phi) is 5.28. The highest BCUT2D eigenvalue weighted by Crippen LogP contribution is 2.32. The van der Waals surface area contributed by atoms with Crippen molar-refractivity contribution in [1.82, 2.24) is 19.7 Å². The summed E-state index contributed by atoms with van der Waals surface area (Å²) in [5.74, 6) is 1.26. The summed E-state index contributed by atoms with van der Waals surface area (Å²) in [6.45, 7) is 5.01. The van der Waals surface area contributed by atoms with Gasteiger partial charge in [0.05, 0.1) is 6.04 Å². The van der Waals surface area contributed by atoms with Crippen molar-refractivity contribution in [2.24, 2.45) is 5.92 Å². The van der Waals surface area contributed by atoms with E-state index in [1.807, 2.05) is 39.8 Å². The Morgan fingerprint density at radius 3 is 2.67 bits per heavy atom. The average Bonchev–Trinajstić information content (AvgIpc) is 3.13. The normalized spacial score (nSPS) is 18.1. The Bertz CT molecular complexity index is 663. The third-order valence-corrected chi connectivity index (χ3v) is 5.03. The Labute approximate surface area is 143 Å². The van der Waals surface area contributed by atoms with Gasteiger partial charge in [-0.1, -0.05) is 32.0 Å². The summed E-state index contributed by atoms with van der Waals surface area (Å²) in [5, 5.41) is 8.51. The SMILES string of the molecule is CCC(CC)C(=O)N1CCCCC1c1nncn1-c1ccccc1. The van der Waals surface area contributed by atoms with Crippen molar-refractivity contribution in [3.8, 4) is 5.69 Å². The van der Waals surface area contributed by atoms with Crippen LogP contribution in [0.15, 0.2) is 36.7 Å². The van der Waals surface area contributed by atoms with Gasteiger partial charge < -0.3 is 4.90 Å². The topological polar surface area (TPSA) is 51.0 Å². The van der Waals surface area contributed by atoms with Crippen LogP contribution in [0.1, 0.15) is 57.8 Å². The zero-order valence-electron chi connectivity index (χ0n) is 14.6. The van der Waals surface area contributed by atoms with Crippen molar-refractivity contribution < 1.29 is 4.79 Å². The summed E-state index contributed by atoms with van der Waals surface area (Å²) >= 11 is 0. The Balaban J connectivity index is 1.92. The van der Waals surface area contributed by atoms with Crippen LogP contribution >= 0.6 is 0 Å². The van der Waals surface area contributed by atoms with Gasteiger partial charge in [-0.3, -0.25) is 9.36 Å². The molecular formula is C19H26N4O. The molecule has 1 unspecified atom stereocenters. The van der Waals surface area contributed by atoms with Crippen LogP contribution in [0.5, 0.6) is 0 Å². The van der Waals surface area contributed by atoms with E-state index in [0.29, 0.717) is 0 Å². The fraction of sp³-hybridized carbons (Fsp3) is 0.526. The third kappa shape index (κ3) is 3.21. The summed E-state index contributed by atoms with van der Waals surface area (Å²) in [6.07, 6.45) is 6.69. The number of carbonyl (C=O) groups excluding carboxylic acids is 1. The lowest BCUT2D eigenvalue weighted by atomic mass is 9.96.